The molecule has 0 saturated carbocycles. The van der Waals surface area contributed by atoms with Crippen molar-refractivity contribution in [3.63, 3.8) is 0 Å². The largest absolute Gasteiger partial charge is 0.488 e. The first-order chi connectivity index (χ1) is 13.7. The van der Waals surface area contributed by atoms with Crippen LogP contribution in [0.5, 0.6) is 5.88 Å². The van der Waals surface area contributed by atoms with Gasteiger partial charge in [-0.1, -0.05) is 0 Å². The molecule has 0 atom stereocenters. The molecule has 11 heteroatoms. The Balaban J connectivity index is 1.91. The van der Waals surface area contributed by atoms with E-state index in [1.165, 1.54) is 18.2 Å². The van der Waals surface area contributed by atoms with Gasteiger partial charge in [0.2, 0.25) is 0 Å². The molecule has 0 aliphatic rings. The summed E-state index contributed by atoms with van der Waals surface area (Å²) in [4.78, 5) is 37.8. The third-order valence-corrected chi connectivity index (χ3v) is 4.23. The number of nitrogens with zero attached hydrogens (tertiary/aromatic N) is 3. The molecule has 29 heavy (non-hydrogen) atoms. The molecule has 3 rings (SSSR count). The number of aromatic nitrogens is 2. The smallest absolute Gasteiger partial charge is 0.395 e. The Morgan fingerprint density at radius 2 is 1.86 bits per heavy atom. The summed E-state index contributed by atoms with van der Waals surface area (Å²) >= 11 is 0. The van der Waals surface area contributed by atoms with Crippen molar-refractivity contribution in [2.24, 2.45) is 0 Å². The Bertz CT molecular complexity index is 1220. The molecule has 2 heterocycles. The van der Waals surface area contributed by atoms with Gasteiger partial charge < -0.3 is 14.5 Å². The molecule has 0 spiro atoms. The second-order valence-corrected chi connectivity index (χ2v) is 6.11. The first-order valence-electron chi connectivity index (χ1n) is 8.19. The van der Waals surface area contributed by atoms with Crippen molar-refractivity contribution >= 4 is 23.5 Å². The van der Waals surface area contributed by atoms with Crippen LogP contribution in [-0.2, 0) is 0 Å². The van der Waals surface area contributed by atoms with Crippen molar-refractivity contribution in [1.29, 1.82) is 0 Å². The van der Waals surface area contributed by atoms with E-state index in [1.807, 2.05) is 0 Å². The number of H-pyrrole nitrogens is 1. The van der Waals surface area contributed by atoms with Crippen molar-refractivity contribution in [3.05, 3.63) is 77.6 Å². The van der Waals surface area contributed by atoms with Crippen LogP contribution in [0.4, 0.5) is 11.4 Å². The van der Waals surface area contributed by atoms with Gasteiger partial charge in [0.1, 0.15) is 17.3 Å². The molecule has 0 saturated heterocycles. The molecule has 1 aromatic carbocycles. The maximum atomic E-state index is 11.6. The number of furan rings is 1. The summed E-state index contributed by atoms with van der Waals surface area (Å²) in [7, 11) is 0. The zero-order valence-corrected chi connectivity index (χ0v) is 15.2. The number of hydrogen-bond acceptors (Lipinski definition) is 8. The van der Waals surface area contributed by atoms with Gasteiger partial charge in [0, 0.05) is 17.2 Å². The Hall–Kier alpha value is -4.28. The monoisotopic (exact) mass is 398 g/mol. The van der Waals surface area contributed by atoms with Gasteiger partial charge in [0.15, 0.2) is 0 Å². The normalized spacial score (nSPS) is 11.1. The van der Waals surface area contributed by atoms with E-state index < -0.39 is 27.0 Å². The summed E-state index contributed by atoms with van der Waals surface area (Å²) in [5, 5.41) is 31.4. The van der Waals surface area contributed by atoms with Crippen LogP contribution in [0.15, 0.2) is 33.5 Å². The summed E-state index contributed by atoms with van der Waals surface area (Å²) in [5.74, 6) is -0.385. The van der Waals surface area contributed by atoms with Gasteiger partial charge >= 0.3 is 11.2 Å². The molecule has 0 aliphatic carbocycles. The minimum atomic E-state index is -1.09. The molecule has 11 nitrogen and oxygen atoms in total. The van der Waals surface area contributed by atoms with Gasteiger partial charge in [-0.3, -0.25) is 25.0 Å². The van der Waals surface area contributed by atoms with E-state index in [2.05, 4.69) is 9.97 Å². The molecule has 0 aliphatic heterocycles. The predicted molar refractivity (Wildman–Crippen MR) is 102 cm³/mol. The van der Waals surface area contributed by atoms with E-state index in [1.54, 1.807) is 32.0 Å². The summed E-state index contributed by atoms with van der Waals surface area (Å²) in [6.07, 6.45) is 2.71. The van der Waals surface area contributed by atoms with Crippen LogP contribution in [0.1, 0.15) is 22.7 Å². The lowest BCUT2D eigenvalue weighted by atomic mass is 10.0. The number of rotatable bonds is 5. The molecule has 2 aromatic heterocycles. The van der Waals surface area contributed by atoms with E-state index in [4.69, 9.17) is 4.42 Å². The average Bonchev–Trinajstić information content (AvgIpc) is 3.10. The van der Waals surface area contributed by atoms with Gasteiger partial charge in [0.05, 0.1) is 9.85 Å². The second-order valence-electron chi connectivity index (χ2n) is 6.11. The van der Waals surface area contributed by atoms with Gasteiger partial charge in [0.25, 0.3) is 11.6 Å². The van der Waals surface area contributed by atoms with E-state index in [9.17, 15) is 30.1 Å². The second kappa shape index (κ2) is 7.38. The van der Waals surface area contributed by atoms with Crippen LogP contribution in [-0.4, -0.2) is 24.9 Å². The third kappa shape index (κ3) is 3.88. The Labute approximate surface area is 162 Å². The molecule has 0 radical (unpaired) electrons. The van der Waals surface area contributed by atoms with Crippen molar-refractivity contribution in [2.45, 2.75) is 13.8 Å². The summed E-state index contributed by atoms with van der Waals surface area (Å²) < 4.78 is 5.64. The lowest BCUT2D eigenvalue weighted by Gasteiger charge is -2.04. The lowest BCUT2D eigenvalue weighted by molar-refractivity contribution is -0.387. The Kier molecular flexibility index (Phi) is 4.96. The van der Waals surface area contributed by atoms with E-state index in [0.29, 0.717) is 22.6 Å². The molecule has 2 N–H and O–H groups in total. The average molecular weight is 398 g/mol. The number of aromatic hydroxyl groups is 1. The van der Waals surface area contributed by atoms with Gasteiger partial charge in [-0.2, -0.15) is 4.98 Å². The highest BCUT2D eigenvalue weighted by atomic mass is 16.6. The fourth-order valence-electron chi connectivity index (χ4n) is 2.65. The number of nitro groups is 2. The number of aromatic amines is 1. The molecule has 3 aromatic rings. The van der Waals surface area contributed by atoms with Crippen LogP contribution in [0, 0.1) is 34.1 Å². The number of nitrogens with one attached hydrogen (secondary N) is 1. The summed E-state index contributed by atoms with van der Waals surface area (Å²) in [5.41, 5.74) is -0.316. The maximum Gasteiger partial charge on any atom is 0.395 e. The number of nitro benzene ring substituents is 1. The predicted octanol–water partition coefficient (Wildman–Crippen LogP) is 3.34. The summed E-state index contributed by atoms with van der Waals surface area (Å²) in [6.45, 7) is 3.43. The molecule has 0 amide bonds. The van der Waals surface area contributed by atoms with Gasteiger partial charge in [-0.15, -0.1) is 0 Å². The molecule has 0 fully saturated rings. The standard InChI is InChI=1S/C18H14N4O7/c1-9-7-11(8-13(10(9)2)21(25)26)14-5-3-12(29-14)4-6-15-19-17(23)16(22(27)28)18(24)20-15/h3-8H,1-2H3,(H2,19,20,23,24)/b6-4-. The zero-order chi connectivity index (χ0) is 21.3. The lowest BCUT2D eigenvalue weighted by Crippen LogP contribution is -2.14. The first kappa shape index (κ1) is 19.5. The maximum absolute atomic E-state index is 11.6. The molecule has 148 valence electrons. The van der Waals surface area contributed by atoms with Crippen molar-refractivity contribution in [1.82, 2.24) is 9.97 Å². The van der Waals surface area contributed by atoms with Crippen LogP contribution in [0.3, 0.4) is 0 Å². The number of aryl methyl sites for hydroxylation is 1. The highest BCUT2D eigenvalue weighted by Crippen LogP contribution is 2.31. The molecule has 0 unspecified atom stereocenters. The van der Waals surface area contributed by atoms with Crippen LogP contribution < -0.4 is 5.56 Å². The SMILES string of the molecule is Cc1cc(-c2ccc(/C=C\c3nc(O)c([N+](=O)[O-])c(=O)[nH]3)o2)cc([N+](=O)[O-])c1C. The minimum absolute atomic E-state index is 0.0170. The van der Waals surface area contributed by atoms with Gasteiger partial charge in [-0.05, 0) is 49.8 Å². The molecular weight excluding hydrogens is 384 g/mol. The van der Waals surface area contributed by atoms with Crippen molar-refractivity contribution in [2.75, 3.05) is 0 Å². The van der Waals surface area contributed by atoms with Crippen LogP contribution in [0.2, 0.25) is 0 Å². The quantitative estimate of drug-likeness (QED) is 0.487. The highest BCUT2D eigenvalue weighted by molar-refractivity contribution is 5.69. The van der Waals surface area contributed by atoms with Crippen LogP contribution in [0.25, 0.3) is 23.5 Å². The van der Waals surface area contributed by atoms with E-state index in [0.717, 1.165) is 5.56 Å². The first-order valence-corrected chi connectivity index (χ1v) is 8.19. The fourth-order valence-corrected chi connectivity index (χ4v) is 2.65. The Morgan fingerprint density at radius 3 is 2.48 bits per heavy atom. The molecular formula is C18H14N4O7. The zero-order valence-electron chi connectivity index (χ0n) is 15.2. The van der Waals surface area contributed by atoms with Gasteiger partial charge in [-0.25, -0.2) is 0 Å². The van der Waals surface area contributed by atoms with E-state index in [-0.39, 0.29) is 11.5 Å². The number of benzene rings is 1. The number of hydrogen-bond donors (Lipinski definition) is 2. The van der Waals surface area contributed by atoms with E-state index >= 15 is 0 Å². The molecule has 0 bridgehead atoms. The van der Waals surface area contributed by atoms with Crippen molar-refractivity contribution in [3.8, 4) is 17.2 Å². The topological polar surface area (TPSA) is 165 Å². The highest BCUT2D eigenvalue weighted by Gasteiger charge is 2.21. The fraction of sp³-hybridized carbons (Fsp3) is 0.111. The summed E-state index contributed by atoms with van der Waals surface area (Å²) in [6, 6.07) is 6.40. The Morgan fingerprint density at radius 1 is 1.14 bits per heavy atom. The van der Waals surface area contributed by atoms with Crippen molar-refractivity contribution < 1.29 is 19.4 Å². The van der Waals surface area contributed by atoms with Crippen LogP contribution >= 0.6 is 0 Å². The minimum Gasteiger partial charge on any atom is -0.488 e. The third-order valence-electron chi connectivity index (χ3n) is 4.23.